The number of carbonyl (C=O) groups excluding carboxylic acids is 1. The molecule has 0 bridgehead atoms. The molecule has 1 fully saturated rings. The van der Waals surface area contributed by atoms with E-state index in [-0.39, 0.29) is 28.3 Å². The summed E-state index contributed by atoms with van der Waals surface area (Å²) in [7, 11) is -2.12. The Hall–Kier alpha value is -1.31. The van der Waals surface area contributed by atoms with E-state index >= 15 is 0 Å². The van der Waals surface area contributed by atoms with Gasteiger partial charge in [0.05, 0.1) is 22.4 Å². The SMILES string of the molecule is CCOc1ccc(S(=O)(=O)N2CCC[C@@H](C(=O)NC)C2)cc1Cl. The summed E-state index contributed by atoms with van der Waals surface area (Å²) in [6.45, 7) is 2.87. The van der Waals surface area contributed by atoms with Crippen LogP contribution in [0.2, 0.25) is 5.02 Å². The monoisotopic (exact) mass is 360 g/mol. The topological polar surface area (TPSA) is 75.7 Å². The minimum absolute atomic E-state index is 0.114. The summed E-state index contributed by atoms with van der Waals surface area (Å²) in [5.74, 6) is 0.00585. The zero-order chi connectivity index (χ0) is 17.0. The quantitative estimate of drug-likeness (QED) is 0.870. The first kappa shape index (κ1) is 18.0. The van der Waals surface area contributed by atoms with Crippen LogP contribution in [-0.4, -0.2) is 45.4 Å². The van der Waals surface area contributed by atoms with Crippen molar-refractivity contribution in [3.8, 4) is 5.75 Å². The van der Waals surface area contributed by atoms with Crippen LogP contribution in [-0.2, 0) is 14.8 Å². The first-order valence-electron chi connectivity index (χ1n) is 7.54. The number of nitrogens with one attached hydrogen (secondary N) is 1. The van der Waals surface area contributed by atoms with Crippen molar-refractivity contribution in [1.29, 1.82) is 0 Å². The van der Waals surface area contributed by atoms with Crippen molar-refractivity contribution in [1.82, 2.24) is 9.62 Å². The summed E-state index contributed by atoms with van der Waals surface area (Å²) < 4.78 is 32.2. The van der Waals surface area contributed by atoms with Gasteiger partial charge in [0.1, 0.15) is 5.75 Å². The molecule has 2 rings (SSSR count). The Kier molecular flexibility index (Phi) is 5.89. The van der Waals surface area contributed by atoms with Crippen molar-refractivity contribution in [3.63, 3.8) is 0 Å². The van der Waals surface area contributed by atoms with Gasteiger partial charge in [-0.2, -0.15) is 4.31 Å². The second-order valence-electron chi connectivity index (χ2n) is 5.34. The largest absolute Gasteiger partial charge is 0.492 e. The predicted octanol–water partition coefficient (Wildman–Crippen LogP) is 1.89. The van der Waals surface area contributed by atoms with Gasteiger partial charge >= 0.3 is 0 Å². The van der Waals surface area contributed by atoms with E-state index in [0.29, 0.717) is 31.7 Å². The highest BCUT2D eigenvalue weighted by Gasteiger charge is 2.33. The second-order valence-corrected chi connectivity index (χ2v) is 7.69. The standard InChI is InChI=1S/C15H21ClN2O4S/c1-3-22-14-7-6-12(9-13(14)16)23(20,21)18-8-4-5-11(10-18)15(19)17-2/h6-7,9,11H,3-5,8,10H2,1-2H3,(H,17,19)/t11-/m1/s1. The average Bonchev–Trinajstić information content (AvgIpc) is 2.56. The van der Waals surface area contributed by atoms with Gasteiger partial charge < -0.3 is 10.1 Å². The molecule has 0 aliphatic carbocycles. The van der Waals surface area contributed by atoms with Gasteiger partial charge in [-0.15, -0.1) is 0 Å². The van der Waals surface area contributed by atoms with E-state index in [1.54, 1.807) is 13.1 Å². The molecule has 1 heterocycles. The fourth-order valence-corrected chi connectivity index (χ4v) is 4.49. The molecule has 0 spiro atoms. The Morgan fingerprint density at radius 1 is 1.48 bits per heavy atom. The number of nitrogens with zero attached hydrogens (tertiary/aromatic N) is 1. The van der Waals surface area contributed by atoms with Crippen LogP contribution in [0.5, 0.6) is 5.75 Å². The number of halogens is 1. The molecule has 1 saturated heterocycles. The molecule has 1 aromatic rings. The second kappa shape index (κ2) is 7.51. The highest BCUT2D eigenvalue weighted by molar-refractivity contribution is 7.89. The zero-order valence-corrected chi connectivity index (χ0v) is 14.8. The molecule has 1 atom stereocenters. The lowest BCUT2D eigenvalue weighted by atomic mass is 9.99. The van der Waals surface area contributed by atoms with Gasteiger partial charge in [0.25, 0.3) is 0 Å². The average molecular weight is 361 g/mol. The molecule has 0 unspecified atom stereocenters. The Morgan fingerprint density at radius 2 is 2.22 bits per heavy atom. The van der Waals surface area contributed by atoms with Crippen molar-refractivity contribution >= 4 is 27.5 Å². The molecule has 8 heteroatoms. The summed E-state index contributed by atoms with van der Waals surface area (Å²) in [4.78, 5) is 11.9. The molecule has 1 amide bonds. The molecule has 1 aliphatic heterocycles. The van der Waals surface area contributed by atoms with Gasteiger partial charge in [-0.3, -0.25) is 4.79 Å². The van der Waals surface area contributed by atoms with Crippen molar-refractivity contribution in [2.75, 3.05) is 26.7 Å². The van der Waals surface area contributed by atoms with Crippen molar-refractivity contribution in [2.45, 2.75) is 24.7 Å². The van der Waals surface area contributed by atoms with Gasteiger partial charge in [0.2, 0.25) is 15.9 Å². The molecular formula is C15H21ClN2O4S. The summed E-state index contributed by atoms with van der Waals surface area (Å²) in [5, 5.41) is 2.84. The number of piperidine rings is 1. The number of hydrogen-bond acceptors (Lipinski definition) is 4. The first-order chi connectivity index (χ1) is 10.9. The normalized spacial score (nSPS) is 19.3. The smallest absolute Gasteiger partial charge is 0.243 e. The Balaban J connectivity index is 2.24. The van der Waals surface area contributed by atoms with E-state index in [1.165, 1.54) is 16.4 Å². The van der Waals surface area contributed by atoms with Crippen LogP contribution in [0.4, 0.5) is 0 Å². The fourth-order valence-electron chi connectivity index (χ4n) is 2.64. The summed E-state index contributed by atoms with van der Waals surface area (Å²) in [5.41, 5.74) is 0. The molecule has 23 heavy (non-hydrogen) atoms. The highest BCUT2D eigenvalue weighted by atomic mass is 35.5. The number of benzene rings is 1. The summed E-state index contributed by atoms with van der Waals surface area (Å²) >= 11 is 6.08. The molecule has 1 N–H and O–H groups in total. The number of amides is 1. The van der Waals surface area contributed by atoms with Gasteiger partial charge in [-0.05, 0) is 38.0 Å². The van der Waals surface area contributed by atoms with Crippen molar-refractivity contribution < 1.29 is 17.9 Å². The van der Waals surface area contributed by atoms with Crippen LogP contribution >= 0.6 is 11.6 Å². The maximum absolute atomic E-state index is 12.8. The minimum atomic E-state index is -3.68. The van der Waals surface area contributed by atoms with Gasteiger partial charge in [-0.25, -0.2) is 8.42 Å². The van der Waals surface area contributed by atoms with Gasteiger partial charge in [0, 0.05) is 20.1 Å². The van der Waals surface area contributed by atoms with Crippen molar-refractivity contribution in [2.24, 2.45) is 5.92 Å². The van der Waals surface area contributed by atoms with E-state index in [1.807, 2.05) is 6.92 Å². The summed E-state index contributed by atoms with van der Waals surface area (Å²) in [6.07, 6.45) is 1.35. The van der Waals surface area contributed by atoms with Crippen LogP contribution in [0, 0.1) is 5.92 Å². The number of rotatable bonds is 5. The lowest BCUT2D eigenvalue weighted by molar-refractivity contribution is -0.125. The third-order valence-electron chi connectivity index (χ3n) is 3.84. The molecule has 0 radical (unpaired) electrons. The lowest BCUT2D eigenvalue weighted by Crippen LogP contribution is -2.44. The predicted molar refractivity (Wildman–Crippen MR) is 88.2 cm³/mol. The van der Waals surface area contributed by atoms with Crippen LogP contribution in [0.3, 0.4) is 0 Å². The molecular weight excluding hydrogens is 340 g/mol. The molecule has 6 nitrogen and oxygen atoms in total. The van der Waals surface area contributed by atoms with Crippen LogP contribution in [0.25, 0.3) is 0 Å². The summed E-state index contributed by atoms with van der Waals surface area (Å²) in [6, 6.07) is 4.43. The molecule has 0 aromatic heterocycles. The van der Waals surface area contributed by atoms with E-state index in [9.17, 15) is 13.2 Å². The maximum Gasteiger partial charge on any atom is 0.243 e. The third kappa shape index (κ3) is 3.97. The van der Waals surface area contributed by atoms with Gasteiger partial charge in [0.15, 0.2) is 0 Å². The molecule has 128 valence electrons. The number of hydrogen-bond donors (Lipinski definition) is 1. The number of ether oxygens (including phenoxy) is 1. The highest BCUT2D eigenvalue weighted by Crippen LogP contribution is 2.30. The first-order valence-corrected chi connectivity index (χ1v) is 9.36. The van der Waals surface area contributed by atoms with Crippen molar-refractivity contribution in [3.05, 3.63) is 23.2 Å². The number of sulfonamides is 1. The van der Waals surface area contributed by atoms with Gasteiger partial charge in [-0.1, -0.05) is 11.6 Å². The Labute approximate surface area is 141 Å². The van der Waals surface area contributed by atoms with Crippen LogP contribution < -0.4 is 10.1 Å². The Morgan fingerprint density at radius 3 is 2.83 bits per heavy atom. The molecule has 0 saturated carbocycles. The maximum atomic E-state index is 12.8. The minimum Gasteiger partial charge on any atom is -0.492 e. The van der Waals surface area contributed by atoms with Crippen LogP contribution in [0.15, 0.2) is 23.1 Å². The van der Waals surface area contributed by atoms with E-state index in [4.69, 9.17) is 16.3 Å². The van der Waals surface area contributed by atoms with E-state index < -0.39 is 10.0 Å². The molecule has 1 aliphatic rings. The Bertz CT molecular complexity index is 678. The zero-order valence-electron chi connectivity index (χ0n) is 13.2. The third-order valence-corrected chi connectivity index (χ3v) is 6.00. The van der Waals surface area contributed by atoms with E-state index in [2.05, 4.69) is 5.32 Å². The fraction of sp³-hybridized carbons (Fsp3) is 0.533. The lowest BCUT2D eigenvalue weighted by Gasteiger charge is -2.31. The molecule has 1 aromatic carbocycles. The van der Waals surface area contributed by atoms with Crippen LogP contribution in [0.1, 0.15) is 19.8 Å². The number of carbonyl (C=O) groups is 1. The van der Waals surface area contributed by atoms with E-state index in [0.717, 1.165) is 0 Å².